The number of nitrogens with one attached hydrogen (secondary N) is 1. The zero-order valence-electron chi connectivity index (χ0n) is 21.3. The molecule has 1 aliphatic carbocycles. The van der Waals surface area contributed by atoms with Gasteiger partial charge < -0.3 is 14.5 Å². The van der Waals surface area contributed by atoms with Crippen LogP contribution in [-0.2, 0) is 17.9 Å². The largest absolute Gasteiger partial charge is 0.439 e. The summed E-state index contributed by atoms with van der Waals surface area (Å²) in [5.41, 5.74) is 3.28. The number of alkyl halides is 2. The fourth-order valence-electron chi connectivity index (χ4n) is 4.59. The van der Waals surface area contributed by atoms with E-state index in [9.17, 15) is 0 Å². The third kappa shape index (κ3) is 5.15. The van der Waals surface area contributed by atoms with Crippen LogP contribution in [0.1, 0.15) is 28.6 Å². The number of anilines is 1. The van der Waals surface area contributed by atoms with Gasteiger partial charge in [0, 0.05) is 39.1 Å². The standard InChI is InChI=1S/C27H29F2N5O2Si/c1-17-31-15-24(36-17)25-22-12-20(6-8-23(22)34(33-25)16-35-9-10-37(2,3)4)32-26-21-7-5-18(14-30)11-19(21)13-27(26,28)29/h5-8,11-12,15,26,32H,9-10,13,16H2,1-4H3. The number of nitrogens with zero attached hydrogens (tertiary/aromatic N) is 4. The van der Waals surface area contributed by atoms with E-state index in [4.69, 9.17) is 19.5 Å². The maximum Gasteiger partial charge on any atom is 0.275 e. The molecule has 2 aromatic heterocycles. The number of rotatable bonds is 8. The minimum atomic E-state index is -3.00. The van der Waals surface area contributed by atoms with Crippen molar-refractivity contribution in [3.63, 3.8) is 0 Å². The average molecular weight is 522 g/mol. The first kappa shape index (κ1) is 25.1. The molecule has 10 heteroatoms. The SMILES string of the molecule is Cc1ncc(-c2nn(COCC[Si](C)(C)C)c3ccc(NC4c5ccc(C#N)cc5CC4(F)F)cc23)o1. The van der Waals surface area contributed by atoms with E-state index in [1.165, 1.54) is 0 Å². The highest BCUT2D eigenvalue weighted by Gasteiger charge is 2.47. The van der Waals surface area contributed by atoms with Crippen molar-refractivity contribution < 1.29 is 17.9 Å². The van der Waals surface area contributed by atoms with Crippen molar-refractivity contribution in [3.05, 3.63) is 65.2 Å². The van der Waals surface area contributed by atoms with Crippen LogP contribution in [0.2, 0.25) is 25.7 Å². The van der Waals surface area contributed by atoms with Crippen LogP contribution in [0.4, 0.5) is 14.5 Å². The third-order valence-corrected chi connectivity index (χ3v) is 8.26. The van der Waals surface area contributed by atoms with Gasteiger partial charge in [-0.3, -0.25) is 0 Å². The molecular formula is C27H29F2N5O2Si. The summed E-state index contributed by atoms with van der Waals surface area (Å²) in [4.78, 5) is 4.20. The zero-order valence-corrected chi connectivity index (χ0v) is 22.3. The Kier molecular flexibility index (Phi) is 6.37. The van der Waals surface area contributed by atoms with Crippen LogP contribution >= 0.6 is 0 Å². The molecule has 1 N–H and O–H groups in total. The van der Waals surface area contributed by atoms with Gasteiger partial charge in [-0.15, -0.1) is 0 Å². The molecule has 1 atom stereocenters. The van der Waals surface area contributed by atoms with Gasteiger partial charge in [0.15, 0.2) is 11.7 Å². The van der Waals surface area contributed by atoms with E-state index >= 15 is 8.78 Å². The molecule has 0 amide bonds. The molecule has 192 valence electrons. The summed E-state index contributed by atoms with van der Waals surface area (Å²) in [5.74, 6) is -1.98. The number of hydrogen-bond donors (Lipinski definition) is 1. The summed E-state index contributed by atoms with van der Waals surface area (Å²) in [6.45, 7) is 9.58. The second-order valence-corrected chi connectivity index (χ2v) is 16.3. The molecule has 0 radical (unpaired) electrons. The highest BCUT2D eigenvalue weighted by molar-refractivity contribution is 6.76. The van der Waals surface area contributed by atoms with E-state index in [0.717, 1.165) is 16.9 Å². The smallest absolute Gasteiger partial charge is 0.275 e. The first-order chi connectivity index (χ1) is 17.5. The molecule has 0 fully saturated rings. The maximum absolute atomic E-state index is 15.0. The number of aryl methyl sites for hydroxylation is 1. The number of oxazole rings is 1. The van der Waals surface area contributed by atoms with Crippen molar-refractivity contribution >= 4 is 24.7 Å². The Labute approximate surface area is 215 Å². The molecule has 0 aliphatic heterocycles. The molecule has 0 saturated heterocycles. The Bertz CT molecular complexity index is 1500. The fourth-order valence-corrected chi connectivity index (χ4v) is 5.35. The topological polar surface area (TPSA) is 88.9 Å². The van der Waals surface area contributed by atoms with Crippen molar-refractivity contribution in [2.45, 2.75) is 57.7 Å². The van der Waals surface area contributed by atoms with Crippen LogP contribution < -0.4 is 5.32 Å². The van der Waals surface area contributed by atoms with E-state index in [-0.39, 0.29) is 6.73 Å². The van der Waals surface area contributed by atoms with Crippen molar-refractivity contribution in [1.29, 1.82) is 5.26 Å². The lowest BCUT2D eigenvalue weighted by Crippen LogP contribution is -2.28. The van der Waals surface area contributed by atoms with E-state index in [0.29, 0.717) is 46.3 Å². The summed E-state index contributed by atoms with van der Waals surface area (Å²) in [7, 11) is -1.23. The monoisotopic (exact) mass is 521 g/mol. The molecule has 0 spiro atoms. The van der Waals surface area contributed by atoms with Gasteiger partial charge in [0.05, 0.1) is 23.3 Å². The fraction of sp³-hybridized carbons (Fsp3) is 0.370. The van der Waals surface area contributed by atoms with E-state index in [1.807, 2.05) is 18.2 Å². The molecule has 37 heavy (non-hydrogen) atoms. The zero-order chi connectivity index (χ0) is 26.4. The molecule has 7 nitrogen and oxygen atoms in total. The molecule has 0 bridgehead atoms. The van der Waals surface area contributed by atoms with Gasteiger partial charge in [-0.2, -0.15) is 10.4 Å². The number of ether oxygens (including phenoxy) is 1. The summed E-state index contributed by atoms with van der Waals surface area (Å²) in [5, 5.41) is 17.7. The first-order valence-electron chi connectivity index (χ1n) is 12.2. The first-order valence-corrected chi connectivity index (χ1v) is 15.9. The van der Waals surface area contributed by atoms with Gasteiger partial charge in [-0.1, -0.05) is 25.7 Å². The third-order valence-electron chi connectivity index (χ3n) is 6.56. The molecule has 0 saturated carbocycles. The van der Waals surface area contributed by atoms with Crippen molar-refractivity contribution in [1.82, 2.24) is 14.8 Å². The number of benzene rings is 2. The van der Waals surface area contributed by atoms with Gasteiger partial charge in [0.2, 0.25) is 0 Å². The Balaban J connectivity index is 1.47. The number of halogens is 2. The lowest BCUT2D eigenvalue weighted by Gasteiger charge is -2.22. The molecule has 2 aromatic carbocycles. The maximum atomic E-state index is 15.0. The number of fused-ring (bicyclic) bond motifs is 2. The molecule has 5 rings (SSSR count). The van der Waals surface area contributed by atoms with Gasteiger partial charge in [0.1, 0.15) is 18.5 Å². The molecule has 2 heterocycles. The predicted octanol–water partition coefficient (Wildman–Crippen LogP) is 6.53. The Hall–Kier alpha value is -3.55. The lowest BCUT2D eigenvalue weighted by atomic mass is 10.0. The molecule has 1 unspecified atom stereocenters. The lowest BCUT2D eigenvalue weighted by molar-refractivity contribution is -0.00705. The van der Waals surface area contributed by atoms with E-state index < -0.39 is 26.5 Å². The average Bonchev–Trinajstić information content (AvgIpc) is 3.49. The van der Waals surface area contributed by atoms with Crippen LogP contribution in [0.25, 0.3) is 22.4 Å². The number of nitriles is 1. The minimum absolute atomic E-state index is 0.274. The normalized spacial score (nSPS) is 16.6. The number of hydrogen-bond acceptors (Lipinski definition) is 6. The predicted molar refractivity (Wildman–Crippen MR) is 140 cm³/mol. The van der Waals surface area contributed by atoms with Gasteiger partial charge in [-0.05, 0) is 47.5 Å². The minimum Gasteiger partial charge on any atom is -0.439 e. The number of aromatic nitrogens is 3. The Morgan fingerprint density at radius 2 is 2.05 bits per heavy atom. The summed E-state index contributed by atoms with van der Waals surface area (Å²) in [6, 6.07) is 12.0. The van der Waals surface area contributed by atoms with Gasteiger partial charge in [0.25, 0.3) is 5.92 Å². The van der Waals surface area contributed by atoms with Crippen molar-refractivity contribution in [2.24, 2.45) is 0 Å². The van der Waals surface area contributed by atoms with Gasteiger partial charge in [-0.25, -0.2) is 18.4 Å². The van der Waals surface area contributed by atoms with E-state index in [2.05, 4.69) is 29.9 Å². The highest BCUT2D eigenvalue weighted by Crippen LogP contribution is 2.45. The Morgan fingerprint density at radius 3 is 2.76 bits per heavy atom. The summed E-state index contributed by atoms with van der Waals surface area (Å²) < 4.78 is 43.5. The van der Waals surface area contributed by atoms with Crippen LogP contribution in [0.3, 0.4) is 0 Å². The summed E-state index contributed by atoms with van der Waals surface area (Å²) in [6.07, 6.45) is 1.20. The van der Waals surface area contributed by atoms with Crippen LogP contribution in [0.5, 0.6) is 0 Å². The van der Waals surface area contributed by atoms with Crippen molar-refractivity contribution in [3.8, 4) is 17.5 Å². The highest BCUT2D eigenvalue weighted by atomic mass is 28.3. The second-order valence-electron chi connectivity index (χ2n) is 10.7. The quantitative estimate of drug-likeness (QED) is 0.210. The Morgan fingerprint density at radius 1 is 1.24 bits per heavy atom. The second kappa shape index (κ2) is 9.39. The summed E-state index contributed by atoms with van der Waals surface area (Å²) >= 11 is 0. The molecular weight excluding hydrogens is 492 g/mol. The van der Waals surface area contributed by atoms with E-state index in [1.54, 1.807) is 42.1 Å². The van der Waals surface area contributed by atoms with Gasteiger partial charge >= 0.3 is 0 Å². The van der Waals surface area contributed by atoms with Crippen LogP contribution in [0.15, 0.2) is 47.0 Å². The van der Waals surface area contributed by atoms with Crippen LogP contribution in [0, 0.1) is 18.3 Å². The molecule has 4 aromatic rings. The van der Waals surface area contributed by atoms with Crippen molar-refractivity contribution in [2.75, 3.05) is 11.9 Å². The molecule has 1 aliphatic rings. The van der Waals surface area contributed by atoms with Crippen LogP contribution in [-0.4, -0.2) is 35.4 Å².